The summed E-state index contributed by atoms with van der Waals surface area (Å²) in [7, 11) is 0. The van der Waals surface area contributed by atoms with Gasteiger partial charge in [-0.15, -0.1) is 0 Å². The van der Waals surface area contributed by atoms with Gasteiger partial charge in [0.1, 0.15) is 6.04 Å². The molecular weight excluding hydrogens is 312 g/mol. The first-order valence-electron chi connectivity index (χ1n) is 7.62. The fourth-order valence-electron chi connectivity index (χ4n) is 2.06. The minimum absolute atomic E-state index is 0.0783. The molecule has 1 aromatic rings. The highest BCUT2D eigenvalue weighted by Gasteiger charge is 2.20. The Morgan fingerprint density at radius 2 is 1.83 bits per heavy atom. The quantitative estimate of drug-likeness (QED) is 0.219. The van der Waals surface area contributed by atoms with Gasteiger partial charge >= 0.3 is 0 Å². The van der Waals surface area contributed by atoms with Gasteiger partial charge in [0.2, 0.25) is 11.7 Å². The molecule has 8 nitrogen and oxygen atoms in total. The van der Waals surface area contributed by atoms with E-state index in [0.29, 0.717) is 31.6 Å². The van der Waals surface area contributed by atoms with Crippen molar-refractivity contribution in [1.29, 1.82) is 0 Å². The first-order valence-corrected chi connectivity index (χ1v) is 7.62. The van der Waals surface area contributed by atoms with Crippen LogP contribution >= 0.6 is 0 Å². The van der Waals surface area contributed by atoms with E-state index >= 15 is 0 Å². The number of nitrogens with two attached hydrogens (primary N) is 2. The Morgan fingerprint density at radius 1 is 1.21 bits per heavy atom. The number of rotatable bonds is 9. The Labute approximate surface area is 139 Å². The van der Waals surface area contributed by atoms with Gasteiger partial charge < -0.3 is 21.0 Å². The number of amidine groups is 1. The van der Waals surface area contributed by atoms with E-state index in [9.17, 15) is 19.5 Å². The lowest BCUT2D eigenvalue weighted by molar-refractivity contribution is -0.460. The summed E-state index contributed by atoms with van der Waals surface area (Å²) in [6, 6.07) is 4.70. The minimum atomic E-state index is -1.47. The molecule has 1 rings (SSSR count). The average molecular weight is 334 g/mol. The van der Waals surface area contributed by atoms with Gasteiger partial charge in [-0.3, -0.25) is 20.3 Å². The summed E-state index contributed by atoms with van der Waals surface area (Å²) in [5.41, 5.74) is 10.6. The number of carbonyl (C=O) groups excluding carboxylic acids is 3. The normalized spacial score (nSPS) is 12.5. The molecule has 0 aromatic heterocycles. The lowest BCUT2D eigenvalue weighted by Gasteiger charge is -2.16. The van der Waals surface area contributed by atoms with Crippen LogP contribution in [0.25, 0.3) is 0 Å². The largest absolute Gasteiger partial charge is 0.545 e. The van der Waals surface area contributed by atoms with Gasteiger partial charge in [-0.05, 0) is 18.9 Å². The van der Waals surface area contributed by atoms with Crippen LogP contribution in [0.3, 0.4) is 0 Å². The highest BCUT2D eigenvalue weighted by molar-refractivity contribution is 6.05. The van der Waals surface area contributed by atoms with Crippen LogP contribution in [0.4, 0.5) is 0 Å². The Balaban J connectivity index is 2.74. The maximum atomic E-state index is 12.2. The first kappa shape index (κ1) is 19.1. The number of amides is 2. The van der Waals surface area contributed by atoms with Crippen molar-refractivity contribution in [2.75, 3.05) is 6.54 Å². The summed E-state index contributed by atoms with van der Waals surface area (Å²) < 4.78 is 0. The molecule has 0 aliphatic heterocycles. The lowest BCUT2D eigenvalue weighted by Crippen LogP contribution is -2.75. The standard InChI is InChI=1S/C16H22N4O4/c1-2-13(17)19-9-5-8-12(14(18)21)20-15(22)10-6-3-4-7-11(10)16(23)24/h3-4,6-7,12H,2,5,8-9H2,1H3,(H2,17,19)(H2,18,21)(H,20,22)(H,23,24). The number of carboxylic acid groups (broad SMARTS) is 1. The molecule has 0 bridgehead atoms. The highest BCUT2D eigenvalue weighted by atomic mass is 16.4. The monoisotopic (exact) mass is 334 g/mol. The van der Waals surface area contributed by atoms with Crippen molar-refractivity contribution in [3.8, 4) is 0 Å². The summed E-state index contributed by atoms with van der Waals surface area (Å²) >= 11 is 0. The third-order valence-electron chi connectivity index (χ3n) is 3.44. The number of primary amides is 1. The van der Waals surface area contributed by atoms with Gasteiger partial charge in [0.25, 0.3) is 5.91 Å². The van der Waals surface area contributed by atoms with Crippen molar-refractivity contribution in [2.24, 2.45) is 11.5 Å². The molecule has 2 amide bonds. The van der Waals surface area contributed by atoms with Crippen molar-refractivity contribution < 1.29 is 24.5 Å². The van der Waals surface area contributed by atoms with Crippen LogP contribution in [-0.2, 0) is 4.79 Å². The first-order chi connectivity index (χ1) is 11.4. The molecule has 0 aliphatic carbocycles. The second kappa shape index (κ2) is 9.29. The number of carbonyl (C=O) groups is 3. The fraction of sp³-hybridized carbons (Fsp3) is 0.375. The predicted molar refractivity (Wildman–Crippen MR) is 85.8 cm³/mol. The molecule has 1 atom stereocenters. The zero-order chi connectivity index (χ0) is 18.1. The van der Waals surface area contributed by atoms with Gasteiger partial charge in [-0.2, -0.15) is 0 Å². The molecule has 0 saturated carbocycles. The van der Waals surface area contributed by atoms with E-state index in [1.807, 2.05) is 6.92 Å². The molecule has 0 aliphatic rings. The van der Waals surface area contributed by atoms with E-state index in [-0.39, 0.29) is 11.1 Å². The second-order valence-electron chi connectivity index (χ2n) is 5.21. The van der Waals surface area contributed by atoms with Crippen LogP contribution in [0.15, 0.2) is 24.3 Å². The van der Waals surface area contributed by atoms with E-state index < -0.39 is 23.8 Å². The Hall–Kier alpha value is -2.90. The van der Waals surface area contributed by atoms with Crippen molar-refractivity contribution >= 4 is 23.6 Å². The van der Waals surface area contributed by atoms with Gasteiger partial charge in [0, 0.05) is 17.5 Å². The smallest absolute Gasteiger partial charge is 0.252 e. The fourth-order valence-corrected chi connectivity index (χ4v) is 2.06. The summed E-state index contributed by atoms with van der Waals surface area (Å²) in [5, 5.41) is 13.5. The summed E-state index contributed by atoms with van der Waals surface area (Å²) in [4.78, 5) is 37.7. The third kappa shape index (κ3) is 5.71. The lowest BCUT2D eigenvalue weighted by atomic mass is 10.1. The Morgan fingerprint density at radius 3 is 2.38 bits per heavy atom. The highest BCUT2D eigenvalue weighted by Crippen LogP contribution is 2.08. The summed E-state index contributed by atoms with van der Waals surface area (Å²) in [6.45, 7) is 2.44. The zero-order valence-corrected chi connectivity index (χ0v) is 13.5. The number of hydrogen-bond donors (Lipinski definition) is 4. The molecule has 24 heavy (non-hydrogen) atoms. The van der Waals surface area contributed by atoms with E-state index in [4.69, 9.17) is 11.5 Å². The van der Waals surface area contributed by atoms with Crippen LogP contribution in [0.2, 0.25) is 0 Å². The van der Waals surface area contributed by atoms with Crippen molar-refractivity contribution in [3.63, 3.8) is 0 Å². The van der Waals surface area contributed by atoms with Crippen molar-refractivity contribution in [3.05, 3.63) is 35.4 Å². The number of benzene rings is 1. The number of carboxylic acids is 1. The molecular formula is C16H22N4O4. The molecule has 0 heterocycles. The van der Waals surface area contributed by atoms with Crippen LogP contribution in [0.5, 0.6) is 0 Å². The SMILES string of the molecule is CCC(N)=[NH+]CCCC(NC(=O)c1ccccc1C(=O)[O-])C(N)=O. The number of nitrogens with one attached hydrogen (secondary N) is 2. The maximum absolute atomic E-state index is 12.2. The predicted octanol–water partition coefficient (Wildman–Crippen LogP) is -2.74. The molecule has 6 N–H and O–H groups in total. The molecule has 0 saturated heterocycles. The molecule has 130 valence electrons. The van der Waals surface area contributed by atoms with E-state index in [2.05, 4.69) is 10.3 Å². The average Bonchev–Trinajstić information content (AvgIpc) is 2.56. The van der Waals surface area contributed by atoms with E-state index in [1.54, 1.807) is 0 Å². The van der Waals surface area contributed by atoms with Crippen LogP contribution < -0.4 is 26.9 Å². The molecule has 0 spiro atoms. The molecule has 1 aromatic carbocycles. The maximum Gasteiger partial charge on any atom is 0.252 e. The summed E-state index contributed by atoms with van der Waals surface area (Å²) in [5.74, 6) is -2.21. The van der Waals surface area contributed by atoms with Gasteiger partial charge in [0.05, 0.1) is 12.5 Å². The van der Waals surface area contributed by atoms with Gasteiger partial charge in [-0.25, -0.2) is 0 Å². The second-order valence-corrected chi connectivity index (χ2v) is 5.21. The molecule has 1 unspecified atom stereocenters. The van der Waals surface area contributed by atoms with Crippen molar-refractivity contribution in [1.82, 2.24) is 5.32 Å². The van der Waals surface area contributed by atoms with E-state index in [0.717, 1.165) is 0 Å². The zero-order valence-electron chi connectivity index (χ0n) is 13.5. The topological polar surface area (TPSA) is 152 Å². The molecule has 0 radical (unpaired) electrons. The van der Waals surface area contributed by atoms with Gasteiger partial charge in [-0.1, -0.05) is 25.1 Å². The van der Waals surface area contributed by atoms with Crippen LogP contribution in [0, 0.1) is 0 Å². The third-order valence-corrected chi connectivity index (χ3v) is 3.44. The van der Waals surface area contributed by atoms with Gasteiger partial charge in [0.15, 0.2) is 0 Å². The van der Waals surface area contributed by atoms with Crippen molar-refractivity contribution in [2.45, 2.75) is 32.2 Å². The Bertz CT molecular complexity index is 643. The minimum Gasteiger partial charge on any atom is -0.545 e. The Kier molecular flexibility index (Phi) is 7.41. The van der Waals surface area contributed by atoms with Crippen LogP contribution in [0.1, 0.15) is 46.9 Å². The summed E-state index contributed by atoms with van der Waals surface area (Å²) in [6.07, 6.45) is 1.55. The number of hydrogen-bond acceptors (Lipinski definition) is 4. The number of aromatic carboxylic acids is 1. The molecule has 8 heteroatoms. The van der Waals surface area contributed by atoms with Crippen LogP contribution in [-0.4, -0.2) is 36.2 Å². The van der Waals surface area contributed by atoms with E-state index in [1.165, 1.54) is 24.3 Å². The molecule has 0 fully saturated rings.